The second-order valence-electron chi connectivity index (χ2n) is 10.6. The molecule has 0 spiro atoms. The summed E-state index contributed by atoms with van der Waals surface area (Å²) in [7, 11) is -3.06. The van der Waals surface area contributed by atoms with Gasteiger partial charge in [-0.25, -0.2) is 12.8 Å². The lowest BCUT2D eigenvalue weighted by atomic mass is 10.1. The van der Waals surface area contributed by atoms with Crippen molar-refractivity contribution in [2.24, 2.45) is 0 Å². The summed E-state index contributed by atoms with van der Waals surface area (Å²) >= 11 is 0. The van der Waals surface area contributed by atoms with Gasteiger partial charge in [0.05, 0.1) is 17.4 Å². The molecule has 40 heavy (non-hydrogen) atoms. The van der Waals surface area contributed by atoms with E-state index in [0.29, 0.717) is 75.2 Å². The van der Waals surface area contributed by atoms with E-state index < -0.39 is 15.9 Å². The van der Waals surface area contributed by atoms with Crippen molar-refractivity contribution in [3.63, 3.8) is 0 Å². The summed E-state index contributed by atoms with van der Waals surface area (Å²) in [5, 5.41) is 15.4. The molecule has 3 atom stereocenters. The topological polar surface area (TPSA) is 123 Å². The first-order valence-electron chi connectivity index (χ1n) is 13.6. The molecule has 2 amide bonds. The van der Waals surface area contributed by atoms with Crippen LogP contribution in [0, 0.1) is 17.1 Å². The summed E-state index contributed by atoms with van der Waals surface area (Å²) in [5.41, 5.74) is 1.93. The molecular formula is C29H36FN5O4S. The average Bonchev–Trinajstić information content (AvgIpc) is 3.73. The van der Waals surface area contributed by atoms with Crippen LogP contribution in [0.15, 0.2) is 48.5 Å². The molecule has 1 aliphatic heterocycles. The zero-order valence-electron chi connectivity index (χ0n) is 22.7. The molecule has 2 aromatic carbocycles. The fourth-order valence-corrected chi connectivity index (χ4v) is 5.58. The van der Waals surface area contributed by atoms with Crippen LogP contribution in [-0.4, -0.2) is 93.4 Å². The molecule has 1 heterocycles. The average molecular weight is 570 g/mol. The molecule has 1 saturated heterocycles. The highest BCUT2D eigenvalue weighted by atomic mass is 32.2. The second-order valence-corrected chi connectivity index (χ2v) is 12.9. The van der Waals surface area contributed by atoms with Crippen molar-refractivity contribution >= 4 is 21.7 Å². The summed E-state index contributed by atoms with van der Waals surface area (Å²) in [6.45, 7) is 3.19. The number of rotatable bonds is 12. The van der Waals surface area contributed by atoms with Crippen molar-refractivity contribution in [3.05, 3.63) is 71.0 Å². The van der Waals surface area contributed by atoms with Gasteiger partial charge in [0.25, 0.3) is 5.91 Å². The fraction of sp³-hybridized carbons (Fsp3) is 0.483. The number of halogens is 1. The Hall–Kier alpha value is -3.33. The summed E-state index contributed by atoms with van der Waals surface area (Å²) in [6, 6.07) is 14.5. The van der Waals surface area contributed by atoms with Gasteiger partial charge < -0.3 is 15.5 Å². The number of amides is 2. The van der Waals surface area contributed by atoms with Gasteiger partial charge in [0.2, 0.25) is 5.91 Å². The number of sulfone groups is 1. The predicted molar refractivity (Wildman–Crippen MR) is 150 cm³/mol. The van der Waals surface area contributed by atoms with E-state index in [1.165, 1.54) is 18.4 Å². The number of piperazine rings is 1. The van der Waals surface area contributed by atoms with Crippen LogP contribution in [0.1, 0.15) is 46.7 Å². The van der Waals surface area contributed by atoms with Crippen molar-refractivity contribution < 1.29 is 22.4 Å². The van der Waals surface area contributed by atoms with Gasteiger partial charge in [-0.3, -0.25) is 14.5 Å². The maximum Gasteiger partial charge on any atom is 0.251 e. The third-order valence-electron chi connectivity index (χ3n) is 7.51. The number of nitriles is 1. The van der Waals surface area contributed by atoms with Crippen LogP contribution in [0.25, 0.3) is 0 Å². The van der Waals surface area contributed by atoms with E-state index in [0.717, 1.165) is 12.0 Å². The number of nitrogens with zero attached hydrogens (tertiary/aromatic N) is 3. The van der Waals surface area contributed by atoms with E-state index in [2.05, 4.69) is 10.6 Å². The minimum absolute atomic E-state index is 0.0836. The molecule has 2 N–H and O–H groups in total. The highest BCUT2D eigenvalue weighted by Crippen LogP contribution is 2.40. The maximum atomic E-state index is 13.5. The minimum atomic E-state index is -3.06. The van der Waals surface area contributed by atoms with Crippen LogP contribution in [0.4, 0.5) is 4.39 Å². The van der Waals surface area contributed by atoms with E-state index in [9.17, 15) is 22.4 Å². The molecule has 1 aliphatic carbocycles. The molecule has 2 aromatic rings. The first kappa shape index (κ1) is 29.6. The molecule has 214 valence electrons. The molecule has 9 nitrogen and oxygen atoms in total. The lowest BCUT2D eigenvalue weighted by molar-refractivity contribution is -0.135. The largest absolute Gasteiger partial charge is 0.340 e. The highest BCUT2D eigenvalue weighted by Gasteiger charge is 2.37. The Bertz CT molecular complexity index is 1320. The first-order valence-corrected chi connectivity index (χ1v) is 15.7. The Kier molecular flexibility index (Phi) is 9.90. The van der Waals surface area contributed by atoms with Crippen LogP contribution < -0.4 is 10.6 Å². The third kappa shape index (κ3) is 8.58. The molecule has 0 unspecified atom stereocenters. The van der Waals surface area contributed by atoms with Crippen molar-refractivity contribution in [1.29, 1.82) is 5.26 Å². The van der Waals surface area contributed by atoms with Crippen molar-refractivity contribution in [1.82, 2.24) is 20.4 Å². The van der Waals surface area contributed by atoms with E-state index in [1.807, 2.05) is 23.1 Å². The second kappa shape index (κ2) is 13.4. The molecule has 0 radical (unpaired) electrons. The minimum Gasteiger partial charge on any atom is -0.340 e. The van der Waals surface area contributed by atoms with E-state index >= 15 is 0 Å². The molecule has 2 fully saturated rings. The SMILES string of the molecule is CS(=O)(=O)CCN1CCN(C(=O)[C@H](CCCN[C@@H]2C[C@H]2c2ccc(F)cc2)NC(=O)c2ccc(C#N)cc2)CC1. The molecule has 1 saturated carbocycles. The lowest BCUT2D eigenvalue weighted by Gasteiger charge is -2.36. The quantitative estimate of drug-likeness (QED) is 0.375. The number of hydrogen-bond donors (Lipinski definition) is 2. The summed E-state index contributed by atoms with van der Waals surface area (Å²) < 4.78 is 36.2. The van der Waals surface area contributed by atoms with E-state index in [-0.39, 0.29) is 23.4 Å². The number of carbonyl (C=O) groups excluding carboxylic acids is 2. The zero-order valence-corrected chi connectivity index (χ0v) is 23.5. The Morgan fingerprint density at radius 3 is 2.38 bits per heavy atom. The molecule has 4 rings (SSSR count). The van der Waals surface area contributed by atoms with Crippen molar-refractivity contribution in [3.8, 4) is 6.07 Å². The van der Waals surface area contributed by atoms with Gasteiger partial charge in [-0.2, -0.15) is 5.26 Å². The van der Waals surface area contributed by atoms with Gasteiger partial charge in [-0.15, -0.1) is 0 Å². The van der Waals surface area contributed by atoms with Crippen LogP contribution >= 0.6 is 0 Å². The Labute approximate surface area is 235 Å². The maximum absolute atomic E-state index is 13.5. The fourth-order valence-electron chi connectivity index (χ4n) is 4.99. The lowest BCUT2D eigenvalue weighted by Crippen LogP contribution is -2.55. The van der Waals surface area contributed by atoms with Gasteiger partial charge in [0, 0.05) is 56.5 Å². The smallest absolute Gasteiger partial charge is 0.251 e. The number of hydrogen-bond acceptors (Lipinski definition) is 7. The van der Waals surface area contributed by atoms with Crippen LogP contribution in [0.3, 0.4) is 0 Å². The van der Waals surface area contributed by atoms with Crippen molar-refractivity contribution in [2.45, 2.75) is 37.3 Å². The number of benzene rings is 2. The zero-order chi connectivity index (χ0) is 28.7. The van der Waals surface area contributed by atoms with Gasteiger partial charge >= 0.3 is 0 Å². The van der Waals surface area contributed by atoms with Crippen LogP contribution in [0.2, 0.25) is 0 Å². The van der Waals surface area contributed by atoms with Gasteiger partial charge in [0.1, 0.15) is 21.7 Å². The van der Waals surface area contributed by atoms with Gasteiger partial charge in [-0.1, -0.05) is 12.1 Å². The Balaban J connectivity index is 1.31. The Morgan fingerprint density at radius 2 is 1.75 bits per heavy atom. The molecule has 0 aromatic heterocycles. The first-order chi connectivity index (χ1) is 19.1. The van der Waals surface area contributed by atoms with Gasteiger partial charge in [-0.05, 0) is 67.8 Å². The normalized spacial score (nSPS) is 20.0. The standard InChI is InChI=1S/C29H36FN5O4S/c1-40(38,39)18-17-34-13-15-35(16-14-34)29(37)26(33-28(36)23-6-4-21(20-31)5-7-23)3-2-12-32-27-19-25(27)22-8-10-24(30)11-9-22/h4-11,25-27,32H,2-3,12-19H2,1H3,(H,33,36)/t25-,26-,27+/m0/s1. The highest BCUT2D eigenvalue weighted by molar-refractivity contribution is 7.90. The predicted octanol–water partition coefficient (Wildman–Crippen LogP) is 1.91. The van der Waals surface area contributed by atoms with Gasteiger partial charge in [0.15, 0.2) is 0 Å². The van der Waals surface area contributed by atoms with Crippen molar-refractivity contribution in [2.75, 3.05) is 51.3 Å². The molecule has 11 heteroatoms. The third-order valence-corrected chi connectivity index (χ3v) is 8.43. The molecule has 2 aliphatic rings. The summed E-state index contributed by atoms with van der Waals surface area (Å²) in [5.74, 6) is -0.335. The number of carbonyl (C=O) groups is 2. The van der Waals surface area contributed by atoms with Crippen LogP contribution in [0.5, 0.6) is 0 Å². The monoisotopic (exact) mass is 569 g/mol. The molecule has 0 bridgehead atoms. The Morgan fingerprint density at radius 1 is 1.07 bits per heavy atom. The number of nitrogens with one attached hydrogen (secondary N) is 2. The van der Waals surface area contributed by atoms with Crippen LogP contribution in [-0.2, 0) is 14.6 Å². The van der Waals surface area contributed by atoms with E-state index in [4.69, 9.17) is 5.26 Å². The summed E-state index contributed by atoms with van der Waals surface area (Å²) in [4.78, 5) is 30.2. The van der Waals surface area contributed by atoms with E-state index in [1.54, 1.807) is 29.2 Å². The molecular weight excluding hydrogens is 533 g/mol. The summed E-state index contributed by atoms with van der Waals surface area (Å²) in [6.07, 6.45) is 3.32.